The Balaban J connectivity index is 1.71. The van der Waals surface area contributed by atoms with Crippen LogP contribution in [0.15, 0.2) is 40.8 Å². The van der Waals surface area contributed by atoms with E-state index in [0.29, 0.717) is 31.7 Å². The van der Waals surface area contributed by atoms with Crippen molar-refractivity contribution in [3.05, 3.63) is 35.9 Å². The van der Waals surface area contributed by atoms with Crippen LogP contribution in [0.2, 0.25) is 0 Å². The maximum Gasteiger partial charge on any atom is 0.242 e. The van der Waals surface area contributed by atoms with Crippen molar-refractivity contribution < 1.29 is 17.9 Å². The van der Waals surface area contributed by atoms with E-state index in [-0.39, 0.29) is 10.8 Å². The summed E-state index contributed by atoms with van der Waals surface area (Å²) < 4.78 is 31.4. The lowest BCUT2D eigenvalue weighted by Gasteiger charge is -2.17. The highest BCUT2D eigenvalue weighted by molar-refractivity contribution is 7.89. The molecule has 0 bridgehead atoms. The molecule has 0 saturated heterocycles. The molecular formula is C20H30N2O4S. The molecule has 6 nitrogen and oxygen atoms in total. The summed E-state index contributed by atoms with van der Waals surface area (Å²) in [5, 5.41) is 2.93. The Bertz CT molecular complexity index is 742. The zero-order chi connectivity index (χ0) is 19.7. The second-order valence-electron chi connectivity index (χ2n) is 6.81. The Labute approximate surface area is 162 Å². The zero-order valence-corrected chi connectivity index (χ0v) is 17.1. The SMILES string of the molecule is COc1ccc(S(=O)(=O)N(C)CCCC(=O)NCCC2=CCCCC2)cc1. The largest absolute Gasteiger partial charge is 0.497 e. The summed E-state index contributed by atoms with van der Waals surface area (Å²) in [6, 6.07) is 6.29. The highest BCUT2D eigenvalue weighted by atomic mass is 32.2. The van der Waals surface area contributed by atoms with Crippen LogP contribution < -0.4 is 10.1 Å². The number of nitrogens with one attached hydrogen (secondary N) is 1. The first-order chi connectivity index (χ1) is 12.9. The van der Waals surface area contributed by atoms with Gasteiger partial charge in [0, 0.05) is 26.6 Å². The summed E-state index contributed by atoms with van der Waals surface area (Å²) in [5.74, 6) is 0.582. The number of carbonyl (C=O) groups is 1. The monoisotopic (exact) mass is 394 g/mol. The molecule has 0 atom stereocenters. The van der Waals surface area contributed by atoms with Gasteiger partial charge in [0.25, 0.3) is 0 Å². The zero-order valence-electron chi connectivity index (χ0n) is 16.2. The number of benzene rings is 1. The van der Waals surface area contributed by atoms with Gasteiger partial charge in [0.15, 0.2) is 0 Å². The van der Waals surface area contributed by atoms with Crippen molar-refractivity contribution in [1.29, 1.82) is 0 Å². The fourth-order valence-corrected chi connectivity index (χ4v) is 4.30. The molecule has 0 aliphatic heterocycles. The van der Waals surface area contributed by atoms with Crippen molar-refractivity contribution in [1.82, 2.24) is 9.62 Å². The number of carbonyl (C=O) groups excluding carboxylic acids is 1. The number of allylic oxidation sites excluding steroid dienone is 1. The maximum atomic E-state index is 12.5. The third-order valence-electron chi connectivity index (χ3n) is 4.80. The van der Waals surface area contributed by atoms with Gasteiger partial charge in [0.1, 0.15) is 5.75 Å². The minimum atomic E-state index is -3.55. The summed E-state index contributed by atoms with van der Waals surface area (Å²) in [5.41, 5.74) is 1.44. The number of amides is 1. The smallest absolute Gasteiger partial charge is 0.242 e. The van der Waals surface area contributed by atoms with Crippen molar-refractivity contribution in [2.24, 2.45) is 0 Å². The number of rotatable bonds is 10. The molecule has 0 saturated carbocycles. The molecule has 1 aromatic rings. The van der Waals surface area contributed by atoms with E-state index in [0.717, 1.165) is 19.3 Å². The summed E-state index contributed by atoms with van der Waals surface area (Å²) in [6.45, 7) is 0.956. The number of hydrogen-bond acceptors (Lipinski definition) is 4. The Morgan fingerprint density at radius 1 is 1.22 bits per heavy atom. The van der Waals surface area contributed by atoms with E-state index in [1.54, 1.807) is 12.1 Å². The summed E-state index contributed by atoms with van der Waals surface area (Å²) in [4.78, 5) is 12.2. The molecule has 7 heteroatoms. The van der Waals surface area contributed by atoms with E-state index in [1.807, 2.05) is 0 Å². The minimum absolute atomic E-state index is 0.0262. The normalized spacial score (nSPS) is 14.7. The highest BCUT2D eigenvalue weighted by Crippen LogP contribution is 2.20. The van der Waals surface area contributed by atoms with Gasteiger partial charge in [-0.1, -0.05) is 11.6 Å². The highest BCUT2D eigenvalue weighted by Gasteiger charge is 2.20. The molecule has 0 spiro atoms. The number of ether oxygens (including phenoxy) is 1. The molecule has 0 heterocycles. The lowest BCUT2D eigenvalue weighted by atomic mass is 9.97. The summed E-state index contributed by atoms with van der Waals surface area (Å²) in [6.07, 6.45) is 8.81. The second kappa shape index (κ2) is 10.5. The van der Waals surface area contributed by atoms with Gasteiger partial charge in [-0.15, -0.1) is 0 Å². The Kier molecular flexibility index (Phi) is 8.31. The second-order valence-corrected chi connectivity index (χ2v) is 8.86. The van der Waals surface area contributed by atoms with E-state index >= 15 is 0 Å². The number of methoxy groups -OCH3 is 1. The van der Waals surface area contributed by atoms with Crippen LogP contribution in [0.3, 0.4) is 0 Å². The summed E-state index contributed by atoms with van der Waals surface area (Å²) in [7, 11) is -0.486. The first kappa shape index (κ1) is 21.4. The molecule has 0 aromatic heterocycles. The Morgan fingerprint density at radius 2 is 1.96 bits per heavy atom. The lowest BCUT2D eigenvalue weighted by Crippen LogP contribution is -2.30. The van der Waals surface area contributed by atoms with Gasteiger partial charge in [0.05, 0.1) is 12.0 Å². The Morgan fingerprint density at radius 3 is 2.59 bits per heavy atom. The molecule has 1 amide bonds. The molecule has 0 radical (unpaired) electrons. The first-order valence-electron chi connectivity index (χ1n) is 9.48. The molecule has 2 rings (SSSR count). The average Bonchev–Trinajstić information content (AvgIpc) is 2.68. The molecule has 1 N–H and O–H groups in total. The standard InChI is InChI=1S/C20H30N2O4S/c1-22(27(24,25)19-12-10-18(26-2)11-13-19)16-6-9-20(23)21-15-14-17-7-4-3-5-8-17/h7,10-13H,3-6,8-9,14-16H2,1-2H3,(H,21,23). The third-order valence-corrected chi connectivity index (χ3v) is 6.67. The topological polar surface area (TPSA) is 75.7 Å². The molecule has 0 fully saturated rings. The molecule has 0 unspecified atom stereocenters. The Hall–Kier alpha value is -1.86. The van der Waals surface area contributed by atoms with Crippen LogP contribution in [0.25, 0.3) is 0 Å². The number of hydrogen-bond donors (Lipinski definition) is 1. The lowest BCUT2D eigenvalue weighted by molar-refractivity contribution is -0.121. The predicted molar refractivity (Wildman–Crippen MR) is 106 cm³/mol. The van der Waals surface area contributed by atoms with Crippen molar-refractivity contribution in [2.75, 3.05) is 27.2 Å². The molecular weight excluding hydrogens is 364 g/mol. The van der Waals surface area contributed by atoms with Crippen LogP contribution in [0, 0.1) is 0 Å². The number of sulfonamides is 1. The van der Waals surface area contributed by atoms with Crippen LogP contribution >= 0.6 is 0 Å². The predicted octanol–water partition coefficient (Wildman–Crippen LogP) is 3.10. The van der Waals surface area contributed by atoms with E-state index in [1.165, 1.54) is 49.0 Å². The van der Waals surface area contributed by atoms with Gasteiger partial charge >= 0.3 is 0 Å². The molecule has 27 heavy (non-hydrogen) atoms. The van der Waals surface area contributed by atoms with Crippen molar-refractivity contribution >= 4 is 15.9 Å². The van der Waals surface area contributed by atoms with Crippen LogP contribution in [0.1, 0.15) is 44.9 Å². The van der Waals surface area contributed by atoms with Crippen LogP contribution in [-0.4, -0.2) is 45.9 Å². The molecule has 150 valence electrons. The molecule has 1 aliphatic carbocycles. The maximum absolute atomic E-state index is 12.5. The molecule has 1 aromatic carbocycles. The van der Waals surface area contributed by atoms with Crippen LogP contribution in [0.4, 0.5) is 0 Å². The van der Waals surface area contributed by atoms with Crippen molar-refractivity contribution in [3.8, 4) is 5.75 Å². The molecule has 1 aliphatic rings. The summed E-state index contributed by atoms with van der Waals surface area (Å²) >= 11 is 0. The van der Waals surface area contributed by atoms with Crippen molar-refractivity contribution in [2.45, 2.75) is 49.8 Å². The van der Waals surface area contributed by atoms with Gasteiger partial charge in [0.2, 0.25) is 15.9 Å². The fourth-order valence-electron chi connectivity index (χ4n) is 3.09. The van der Waals surface area contributed by atoms with E-state index in [9.17, 15) is 13.2 Å². The van der Waals surface area contributed by atoms with Crippen LogP contribution in [-0.2, 0) is 14.8 Å². The van der Waals surface area contributed by atoms with Crippen molar-refractivity contribution in [3.63, 3.8) is 0 Å². The van der Waals surface area contributed by atoms with Crippen LogP contribution in [0.5, 0.6) is 5.75 Å². The van der Waals surface area contributed by atoms with Gasteiger partial charge < -0.3 is 10.1 Å². The van der Waals surface area contributed by atoms with Gasteiger partial charge in [-0.2, -0.15) is 0 Å². The van der Waals surface area contributed by atoms with E-state index < -0.39 is 10.0 Å². The fraction of sp³-hybridized carbons (Fsp3) is 0.550. The van der Waals surface area contributed by atoms with Gasteiger partial charge in [-0.3, -0.25) is 4.79 Å². The average molecular weight is 395 g/mol. The van der Waals surface area contributed by atoms with Gasteiger partial charge in [-0.25, -0.2) is 12.7 Å². The number of nitrogens with zero attached hydrogens (tertiary/aromatic N) is 1. The van der Waals surface area contributed by atoms with E-state index in [2.05, 4.69) is 11.4 Å². The van der Waals surface area contributed by atoms with Gasteiger partial charge in [-0.05, 0) is 62.8 Å². The minimum Gasteiger partial charge on any atom is -0.497 e. The van der Waals surface area contributed by atoms with E-state index in [4.69, 9.17) is 4.74 Å². The third kappa shape index (κ3) is 6.66. The first-order valence-corrected chi connectivity index (χ1v) is 10.9. The quantitative estimate of drug-likeness (QED) is 0.619.